The van der Waals surface area contributed by atoms with E-state index in [-0.39, 0.29) is 0 Å². The van der Waals surface area contributed by atoms with Crippen LogP contribution in [0, 0.1) is 0 Å². The van der Waals surface area contributed by atoms with E-state index >= 15 is 0 Å². The number of para-hydroxylation sites is 1. The predicted octanol–water partition coefficient (Wildman–Crippen LogP) is 4.91. The van der Waals surface area contributed by atoms with Gasteiger partial charge in [-0.25, -0.2) is 0 Å². The molecule has 21 heavy (non-hydrogen) atoms. The molecule has 0 N–H and O–H groups in total. The van der Waals surface area contributed by atoms with Crippen LogP contribution in [0.3, 0.4) is 0 Å². The third kappa shape index (κ3) is 2.25. The van der Waals surface area contributed by atoms with Gasteiger partial charge in [0.1, 0.15) is 0 Å². The molecule has 1 fully saturated rings. The van der Waals surface area contributed by atoms with E-state index in [0.717, 1.165) is 6.54 Å². The standard InChI is InChI=1S/C20H23N/c1-3-9-17(10-4-1)15-21-16-20(13-7-2-8-14-20)18-11-5-6-12-19(18)21/h1,3-6,9-12H,2,7-8,13-16H2. The van der Waals surface area contributed by atoms with E-state index in [4.69, 9.17) is 0 Å². The molecule has 1 heterocycles. The molecule has 1 saturated carbocycles. The Morgan fingerprint density at radius 1 is 0.810 bits per heavy atom. The SMILES string of the molecule is c1ccc(CN2CC3(CCCCC3)c3ccccc32)cc1. The minimum atomic E-state index is 0.434. The van der Waals surface area contributed by atoms with E-state index in [1.165, 1.54) is 49.9 Å². The number of rotatable bonds is 2. The number of hydrogen-bond acceptors (Lipinski definition) is 1. The molecule has 4 rings (SSSR count). The van der Waals surface area contributed by atoms with Crippen molar-refractivity contribution < 1.29 is 0 Å². The quantitative estimate of drug-likeness (QED) is 0.754. The molecular weight excluding hydrogens is 254 g/mol. The number of anilines is 1. The van der Waals surface area contributed by atoms with Crippen LogP contribution in [0.25, 0.3) is 0 Å². The first-order chi connectivity index (χ1) is 10.4. The average Bonchev–Trinajstić information content (AvgIpc) is 2.83. The molecule has 0 bridgehead atoms. The molecule has 0 aromatic heterocycles. The number of nitrogens with zero attached hydrogens (tertiary/aromatic N) is 1. The highest BCUT2D eigenvalue weighted by molar-refractivity contribution is 5.63. The molecule has 1 heteroatoms. The van der Waals surface area contributed by atoms with Crippen LogP contribution in [0.2, 0.25) is 0 Å². The van der Waals surface area contributed by atoms with Crippen molar-refractivity contribution >= 4 is 5.69 Å². The van der Waals surface area contributed by atoms with Crippen LogP contribution in [0.4, 0.5) is 5.69 Å². The molecule has 0 saturated heterocycles. The minimum absolute atomic E-state index is 0.434. The normalized spacial score (nSPS) is 19.7. The Balaban J connectivity index is 1.68. The fourth-order valence-corrected chi connectivity index (χ4v) is 4.33. The molecule has 1 nitrogen and oxygen atoms in total. The Labute approximate surface area is 127 Å². The maximum absolute atomic E-state index is 2.61. The zero-order chi connectivity index (χ0) is 14.1. The number of hydrogen-bond donors (Lipinski definition) is 0. The van der Waals surface area contributed by atoms with E-state index in [2.05, 4.69) is 59.5 Å². The van der Waals surface area contributed by atoms with Gasteiger partial charge in [-0.15, -0.1) is 0 Å². The molecule has 1 spiro atoms. The van der Waals surface area contributed by atoms with Crippen molar-refractivity contribution in [2.75, 3.05) is 11.4 Å². The topological polar surface area (TPSA) is 3.24 Å². The molecule has 1 aliphatic carbocycles. The average molecular weight is 277 g/mol. The van der Waals surface area contributed by atoms with Crippen molar-refractivity contribution in [1.29, 1.82) is 0 Å². The van der Waals surface area contributed by atoms with Gasteiger partial charge in [-0.3, -0.25) is 0 Å². The largest absolute Gasteiger partial charge is 0.366 e. The highest BCUT2D eigenvalue weighted by Gasteiger charge is 2.42. The van der Waals surface area contributed by atoms with Crippen LogP contribution in [0.5, 0.6) is 0 Å². The zero-order valence-corrected chi connectivity index (χ0v) is 12.6. The van der Waals surface area contributed by atoms with Gasteiger partial charge < -0.3 is 4.90 Å². The maximum atomic E-state index is 2.61. The zero-order valence-electron chi connectivity index (χ0n) is 12.6. The molecule has 0 unspecified atom stereocenters. The predicted molar refractivity (Wildman–Crippen MR) is 88.7 cm³/mol. The van der Waals surface area contributed by atoms with Crippen molar-refractivity contribution in [2.24, 2.45) is 0 Å². The van der Waals surface area contributed by atoms with Gasteiger partial charge in [0.2, 0.25) is 0 Å². The first-order valence-electron chi connectivity index (χ1n) is 8.26. The monoisotopic (exact) mass is 277 g/mol. The summed E-state index contributed by atoms with van der Waals surface area (Å²) in [6, 6.07) is 20.0. The molecule has 1 aliphatic heterocycles. The molecule has 0 amide bonds. The van der Waals surface area contributed by atoms with E-state index in [0.29, 0.717) is 5.41 Å². The summed E-state index contributed by atoms with van der Waals surface area (Å²) in [5.41, 5.74) is 4.94. The van der Waals surface area contributed by atoms with Crippen molar-refractivity contribution in [2.45, 2.75) is 44.1 Å². The Bertz CT molecular complexity index is 611. The van der Waals surface area contributed by atoms with Crippen molar-refractivity contribution in [1.82, 2.24) is 0 Å². The third-order valence-electron chi connectivity index (χ3n) is 5.34. The Morgan fingerprint density at radius 2 is 1.52 bits per heavy atom. The van der Waals surface area contributed by atoms with Gasteiger partial charge in [-0.2, -0.15) is 0 Å². The molecule has 2 aromatic carbocycles. The van der Waals surface area contributed by atoms with Crippen molar-refractivity contribution in [3.8, 4) is 0 Å². The fraction of sp³-hybridized carbons (Fsp3) is 0.400. The van der Waals surface area contributed by atoms with Crippen LogP contribution < -0.4 is 4.90 Å². The molecule has 108 valence electrons. The van der Waals surface area contributed by atoms with Crippen LogP contribution in [0.1, 0.15) is 43.2 Å². The van der Waals surface area contributed by atoms with Gasteiger partial charge in [0.05, 0.1) is 0 Å². The highest BCUT2D eigenvalue weighted by atomic mass is 15.2. The summed E-state index contributed by atoms with van der Waals surface area (Å²) >= 11 is 0. The van der Waals surface area contributed by atoms with E-state index in [1.54, 1.807) is 5.56 Å². The molecular formula is C20H23N. The Morgan fingerprint density at radius 3 is 2.33 bits per heavy atom. The molecule has 2 aliphatic rings. The highest BCUT2D eigenvalue weighted by Crippen LogP contribution is 2.49. The van der Waals surface area contributed by atoms with Crippen molar-refractivity contribution in [3.05, 3.63) is 65.7 Å². The lowest BCUT2D eigenvalue weighted by molar-refractivity contribution is 0.310. The maximum Gasteiger partial charge on any atom is 0.0429 e. The summed E-state index contributed by atoms with van der Waals surface area (Å²) in [7, 11) is 0. The fourth-order valence-electron chi connectivity index (χ4n) is 4.33. The summed E-state index contributed by atoms with van der Waals surface area (Å²) in [6.07, 6.45) is 6.95. The van der Waals surface area contributed by atoms with Gasteiger partial charge in [0, 0.05) is 24.2 Å². The summed E-state index contributed by atoms with van der Waals surface area (Å²) in [5, 5.41) is 0. The summed E-state index contributed by atoms with van der Waals surface area (Å²) < 4.78 is 0. The Hall–Kier alpha value is -1.76. The van der Waals surface area contributed by atoms with Gasteiger partial charge in [0.25, 0.3) is 0 Å². The third-order valence-corrected chi connectivity index (χ3v) is 5.34. The van der Waals surface area contributed by atoms with Gasteiger partial charge >= 0.3 is 0 Å². The second-order valence-electron chi connectivity index (χ2n) is 6.70. The van der Waals surface area contributed by atoms with Crippen LogP contribution >= 0.6 is 0 Å². The first-order valence-corrected chi connectivity index (χ1v) is 8.26. The molecule has 0 radical (unpaired) electrons. The van der Waals surface area contributed by atoms with Gasteiger partial charge in [-0.05, 0) is 30.0 Å². The second kappa shape index (κ2) is 5.22. The molecule has 2 aromatic rings. The second-order valence-corrected chi connectivity index (χ2v) is 6.70. The lowest BCUT2D eigenvalue weighted by Crippen LogP contribution is -2.35. The summed E-state index contributed by atoms with van der Waals surface area (Å²) in [4.78, 5) is 2.61. The minimum Gasteiger partial charge on any atom is -0.366 e. The van der Waals surface area contributed by atoms with Crippen LogP contribution in [-0.2, 0) is 12.0 Å². The van der Waals surface area contributed by atoms with E-state index in [9.17, 15) is 0 Å². The summed E-state index contributed by atoms with van der Waals surface area (Å²) in [6.45, 7) is 2.25. The van der Waals surface area contributed by atoms with Crippen LogP contribution in [0.15, 0.2) is 54.6 Å². The van der Waals surface area contributed by atoms with E-state index in [1.807, 2.05) is 0 Å². The lowest BCUT2D eigenvalue weighted by Gasteiger charge is -2.34. The summed E-state index contributed by atoms with van der Waals surface area (Å²) in [5.74, 6) is 0. The van der Waals surface area contributed by atoms with Crippen molar-refractivity contribution in [3.63, 3.8) is 0 Å². The first kappa shape index (κ1) is 12.9. The number of fused-ring (bicyclic) bond motifs is 2. The van der Waals surface area contributed by atoms with Gasteiger partial charge in [0.15, 0.2) is 0 Å². The Kier molecular flexibility index (Phi) is 3.21. The lowest BCUT2D eigenvalue weighted by atomic mass is 9.71. The van der Waals surface area contributed by atoms with E-state index < -0.39 is 0 Å². The van der Waals surface area contributed by atoms with Crippen LogP contribution in [-0.4, -0.2) is 6.54 Å². The smallest absolute Gasteiger partial charge is 0.0429 e. The van der Waals surface area contributed by atoms with Gasteiger partial charge in [-0.1, -0.05) is 67.8 Å². The number of benzene rings is 2. The molecule has 0 atom stereocenters.